The van der Waals surface area contributed by atoms with E-state index in [1.807, 2.05) is 6.20 Å². The molecule has 1 aromatic carbocycles. The van der Waals surface area contributed by atoms with E-state index < -0.39 is 0 Å². The Labute approximate surface area is 108 Å². The summed E-state index contributed by atoms with van der Waals surface area (Å²) in [4.78, 5) is 4.43. The molecule has 1 aliphatic rings. The first-order valence-electron chi connectivity index (χ1n) is 6.79. The molecule has 2 heteroatoms. The van der Waals surface area contributed by atoms with Crippen LogP contribution in [0.2, 0.25) is 0 Å². The lowest BCUT2D eigenvalue weighted by atomic mass is 9.98. The fourth-order valence-corrected chi connectivity index (χ4v) is 2.95. The molecule has 0 radical (unpaired) electrons. The molecule has 3 atom stereocenters. The van der Waals surface area contributed by atoms with Gasteiger partial charge in [-0.2, -0.15) is 0 Å². The van der Waals surface area contributed by atoms with Crippen LogP contribution < -0.4 is 5.32 Å². The molecule has 1 fully saturated rings. The molecular weight excluding hydrogens is 220 g/mol. The molecular formula is C16H20N2. The summed E-state index contributed by atoms with van der Waals surface area (Å²) in [5.41, 5.74) is 2.52. The number of hydrogen-bond donors (Lipinski definition) is 1. The molecule has 1 saturated carbocycles. The van der Waals surface area contributed by atoms with Crippen LogP contribution in [0.3, 0.4) is 0 Å². The van der Waals surface area contributed by atoms with Crippen molar-refractivity contribution < 1.29 is 0 Å². The van der Waals surface area contributed by atoms with Crippen LogP contribution >= 0.6 is 0 Å². The highest BCUT2D eigenvalue weighted by molar-refractivity contribution is 5.81. The van der Waals surface area contributed by atoms with E-state index in [4.69, 9.17) is 0 Å². The zero-order valence-corrected chi connectivity index (χ0v) is 11.1. The van der Waals surface area contributed by atoms with Gasteiger partial charge in [-0.25, -0.2) is 0 Å². The number of hydrogen-bond acceptors (Lipinski definition) is 2. The lowest BCUT2D eigenvalue weighted by Crippen LogP contribution is -2.30. The Morgan fingerprint density at radius 3 is 2.83 bits per heavy atom. The molecule has 0 amide bonds. The number of likely N-dealkylation sites (N-methyl/N-ethyl adjacent to an activating group) is 1. The van der Waals surface area contributed by atoms with Gasteiger partial charge in [-0.05, 0) is 49.4 Å². The highest BCUT2D eigenvalue weighted by atomic mass is 14.9. The van der Waals surface area contributed by atoms with Gasteiger partial charge in [-0.1, -0.05) is 25.1 Å². The van der Waals surface area contributed by atoms with Gasteiger partial charge < -0.3 is 5.32 Å². The van der Waals surface area contributed by atoms with Crippen molar-refractivity contribution in [2.75, 3.05) is 7.05 Å². The Morgan fingerprint density at radius 1 is 1.33 bits per heavy atom. The van der Waals surface area contributed by atoms with E-state index >= 15 is 0 Å². The summed E-state index contributed by atoms with van der Waals surface area (Å²) in [5, 5.41) is 4.79. The van der Waals surface area contributed by atoms with Gasteiger partial charge in [0.05, 0.1) is 5.52 Å². The topological polar surface area (TPSA) is 24.9 Å². The fraction of sp³-hybridized carbons (Fsp3) is 0.438. The zero-order chi connectivity index (χ0) is 12.5. The third-order valence-corrected chi connectivity index (χ3v) is 4.24. The van der Waals surface area contributed by atoms with E-state index in [1.165, 1.54) is 17.4 Å². The third kappa shape index (κ3) is 2.13. The molecule has 3 unspecified atom stereocenters. The lowest BCUT2D eigenvalue weighted by Gasteiger charge is -2.17. The number of rotatable bonds is 4. The first-order chi connectivity index (χ1) is 8.79. The minimum Gasteiger partial charge on any atom is -0.316 e. The van der Waals surface area contributed by atoms with E-state index in [1.54, 1.807) is 0 Å². The smallest absolute Gasteiger partial charge is 0.0704 e. The van der Waals surface area contributed by atoms with Crippen LogP contribution in [-0.4, -0.2) is 18.1 Å². The summed E-state index contributed by atoms with van der Waals surface area (Å²) in [6, 6.07) is 11.2. The average molecular weight is 240 g/mol. The first kappa shape index (κ1) is 11.7. The highest BCUT2D eigenvalue weighted by Gasteiger charge is 2.38. The van der Waals surface area contributed by atoms with Crippen LogP contribution in [-0.2, 0) is 6.42 Å². The van der Waals surface area contributed by atoms with E-state index in [0.29, 0.717) is 6.04 Å². The van der Waals surface area contributed by atoms with E-state index in [9.17, 15) is 0 Å². The normalized spacial score (nSPS) is 24.1. The van der Waals surface area contributed by atoms with Gasteiger partial charge in [0.25, 0.3) is 0 Å². The number of aromatic nitrogens is 1. The lowest BCUT2D eigenvalue weighted by molar-refractivity contribution is 0.480. The number of pyridine rings is 1. The van der Waals surface area contributed by atoms with Crippen molar-refractivity contribution in [3.63, 3.8) is 0 Å². The van der Waals surface area contributed by atoms with Crippen LogP contribution in [0.5, 0.6) is 0 Å². The quantitative estimate of drug-likeness (QED) is 0.888. The fourth-order valence-electron chi connectivity index (χ4n) is 2.95. The standard InChI is InChI=1S/C16H20N2/c1-11-9-14(11)16(17-2)10-12-7-8-18-15-6-4-3-5-13(12)15/h3-8,11,14,16-17H,9-10H2,1-2H3. The van der Waals surface area contributed by atoms with Crippen LogP contribution in [0.1, 0.15) is 18.9 Å². The van der Waals surface area contributed by atoms with Crippen molar-refractivity contribution in [1.82, 2.24) is 10.3 Å². The maximum absolute atomic E-state index is 4.43. The molecule has 0 saturated heterocycles. The van der Waals surface area contributed by atoms with Crippen molar-refractivity contribution in [2.24, 2.45) is 11.8 Å². The molecule has 2 aromatic rings. The maximum Gasteiger partial charge on any atom is 0.0704 e. The van der Waals surface area contributed by atoms with Crippen LogP contribution in [0.25, 0.3) is 10.9 Å². The summed E-state index contributed by atoms with van der Waals surface area (Å²) in [6.07, 6.45) is 4.41. The SMILES string of the molecule is CNC(Cc1ccnc2ccccc12)C1CC1C. The first-order valence-corrected chi connectivity index (χ1v) is 6.79. The van der Waals surface area contributed by atoms with Gasteiger partial charge in [0.2, 0.25) is 0 Å². The van der Waals surface area contributed by atoms with Gasteiger partial charge in [0.1, 0.15) is 0 Å². The van der Waals surface area contributed by atoms with Crippen molar-refractivity contribution in [3.05, 3.63) is 42.1 Å². The molecule has 94 valence electrons. The van der Waals surface area contributed by atoms with E-state index in [2.05, 4.69) is 54.6 Å². The largest absolute Gasteiger partial charge is 0.316 e. The van der Waals surface area contributed by atoms with Crippen LogP contribution in [0, 0.1) is 11.8 Å². The van der Waals surface area contributed by atoms with E-state index in [-0.39, 0.29) is 0 Å². The summed E-state index contributed by atoms with van der Waals surface area (Å²) in [6.45, 7) is 2.35. The monoisotopic (exact) mass is 240 g/mol. The van der Waals surface area contributed by atoms with Gasteiger partial charge in [0, 0.05) is 17.6 Å². The summed E-state index contributed by atoms with van der Waals surface area (Å²) in [5.74, 6) is 1.73. The summed E-state index contributed by atoms with van der Waals surface area (Å²) < 4.78 is 0. The van der Waals surface area contributed by atoms with Crippen LogP contribution in [0.4, 0.5) is 0 Å². The van der Waals surface area contributed by atoms with Crippen molar-refractivity contribution in [2.45, 2.75) is 25.8 Å². The Kier molecular flexibility index (Phi) is 3.04. The molecule has 1 N–H and O–H groups in total. The minimum atomic E-state index is 0.603. The molecule has 1 aromatic heterocycles. The molecule has 1 heterocycles. The average Bonchev–Trinajstić information content (AvgIpc) is 3.13. The van der Waals surface area contributed by atoms with Crippen molar-refractivity contribution >= 4 is 10.9 Å². The molecule has 3 rings (SSSR count). The molecule has 0 spiro atoms. The highest BCUT2D eigenvalue weighted by Crippen LogP contribution is 2.41. The minimum absolute atomic E-state index is 0.603. The summed E-state index contributed by atoms with van der Waals surface area (Å²) >= 11 is 0. The Bertz CT molecular complexity index is 544. The predicted molar refractivity (Wildman–Crippen MR) is 75.6 cm³/mol. The maximum atomic E-state index is 4.43. The Hall–Kier alpha value is -1.41. The Morgan fingerprint density at radius 2 is 2.11 bits per heavy atom. The van der Waals surface area contributed by atoms with Gasteiger partial charge >= 0.3 is 0 Å². The number of fused-ring (bicyclic) bond motifs is 1. The van der Waals surface area contributed by atoms with Crippen LogP contribution in [0.15, 0.2) is 36.5 Å². The van der Waals surface area contributed by atoms with Gasteiger partial charge in [-0.3, -0.25) is 4.98 Å². The molecule has 0 bridgehead atoms. The predicted octanol–water partition coefficient (Wildman–Crippen LogP) is 3.02. The molecule has 18 heavy (non-hydrogen) atoms. The second-order valence-electron chi connectivity index (χ2n) is 5.46. The van der Waals surface area contributed by atoms with Crippen molar-refractivity contribution in [3.8, 4) is 0 Å². The van der Waals surface area contributed by atoms with Gasteiger partial charge in [-0.15, -0.1) is 0 Å². The Balaban J connectivity index is 1.89. The summed E-state index contributed by atoms with van der Waals surface area (Å²) in [7, 11) is 2.08. The van der Waals surface area contributed by atoms with Gasteiger partial charge in [0.15, 0.2) is 0 Å². The molecule has 1 aliphatic carbocycles. The number of benzene rings is 1. The van der Waals surface area contributed by atoms with Crippen molar-refractivity contribution in [1.29, 1.82) is 0 Å². The third-order valence-electron chi connectivity index (χ3n) is 4.24. The molecule has 2 nitrogen and oxygen atoms in total. The zero-order valence-electron chi connectivity index (χ0n) is 11.1. The second kappa shape index (κ2) is 4.69. The number of nitrogens with zero attached hydrogens (tertiary/aromatic N) is 1. The van der Waals surface area contributed by atoms with E-state index in [0.717, 1.165) is 23.8 Å². The number of nitrogens with one attached hydrogen (secondary N) is 1. The second-order valence-corrected chi connectivity index (χ2v) is 5.46. The molecule has 0 aliphatic heterocycles. The number of para-hydroxylation sites is 1.